The molecule has 197 valence electrons. The third-order valence-electron chi connectivity index (χ3n) is 7.53. The van der Waals surface area contributed by atoms with Gasteiger partial charge in [0.05, 0.1) is 0 Å². The summed E-state index contributed by atoms with van der Waals surface area (Å²) in [6.45, 7) is 0. The maximum absolute atomic E-state index is 7.13. The monoisotopic (exact) mass is 561 g/mol. The molecule has 0 saturated carbocycles. The normalized spacial score (nSPS) is 11.6. The summed E-state index contributed by atoms with van der Waals surface area (Å²) < 4.78 is 14.3. The van der Waals surface area contributed by atoms with E-state index in [0.717, 1.165) is 31.1 Å². The van der Waals surface area contributed by atoms with Gasteiger partial charge in [-0.15, -0.1) is 0 Å². The van der Waals surface area contributed by atoms with E-state index < -0.39 is 16.6 Å². The Bertz CT molecular complexity index is 1320. The Hall–Kier alpha value is -4.26. The van der Waals surface area contributed by atoms with Gasteiger partial charge in [-0.3, -0.25) is 0 Å². The highest BCUT2D eigenvalue weighted by Gasteiger charge is 2.46. The predicted octanol–water partition coefficient (Wildman–Crippen LogP) is 3.89. The van der Waals surface area contributed by atoms with Crippen molar-refractivity contribution < 1.29 is 8.69 Å². The van der Waals surface area contributed by atoms with E-state index in [4.69, 9.17) is 8.69 Å². The van der Waals surface area contributed by atoms with Gasteiger partial charge in [0.1, 0.15) is 0 Å². The molecule has 0 unspecified atom stereocenters. The molecule has 1 radical (unpaired) electrons. The van der Waals surface area contributed by atoms with Crippen molar-refractivity contribution in [3.63, 3.8) is 0 Å². The first-order valence-corrected chi connectivity index (χ1v) is 17.7. The van der Waals surface area contributed by atoms with Crippen molar-refractivity contribution in [1.29, 1.82) is 0 Å². The van der Waals surface area contributed by atoms with Crippen LogP contribution in [-0.4, -0.2) is 24.3 Å². The molecule has 0 fully saturated rings. The average molecular weight is 562 g/mol. The molecule has 0 spiro atoms. The molecule has 0 amide bonds. The third kappa shape index (κ3) is 5.28. The fraction of sp³-hybridized carbons (Fsp3) is 0. The zero-order valence-corrected chi connectivity index (χ0v) is 24.7. The minimum Gasteiger partial charge on any atom is -0.446 e. The van der Waals surface area contributed by atoms with Crippen LogP contribution in [0.1, 0.15) is 0 Å². The van der Waals surface area contributed by atoms with Gasteiger partial charge in [0, 0.05) is 0 Å². The predicted molar refractivity (Wildman–Crippen MR) is 176 cm³/mol. The summed E-state index contributed by atoms with van der Waals surface area (Å²) in [4.78, 5) is 0. The van der Waals surface area contributed by atoms with Crippen LogP contribution in [0.15, 0.2) is 182 Å². The second-order valence-electron chi connectivity index (χ2n) is 9.89. The van der Waals surface area contributed by atoms with E-state index in [1.165, 1.54) is 0 Å². The highest BCUT2D eigenvalue weighted by atomic mass is 28.4. The molecule has 6 aromatic rings. The molecule has 0 bridgehead atoms. The van der Waals surface area contributed by atoms with Crippen LogP contribution < -0.4 is 31.1 Å². The quantitative estimate of drug-likeness (QED) is 0.187. The lowest BCUT2D eigenvalue weighted by Gasteiger charge is -2.37. The number of hydrogen-bond acceptors (Lipinski definition) is 2. The summed E-state index contributed by atoms with van der Waals surface area (Å²) in [5.41, 5.74) is 0. The lowest BCUT2D eigenvalue weighted by molar-refractivity contribution is 0.475. The summed E-state index contributed by atoms with van der Waals surface area (Å²) >= 11 is 0. The first-order valence-electron chi connectivity index (χ1n) is 13.8. The third-order valence-corrected chi connectivity index (χ3v) is 15.3. The number of rotatable bonds is 10. The molecular weight excluding hydrogens is 531 g/mol. The van der Waals surface area contributed by atoms with E-state index in [9.17, 15) is 0 Å². The molecule has 6 rings (SSSR count). The van der Waals surface area contributed by atoms with Crippen LogP contribution in [0.5, 0.6) is 0 Å². The molecule has 2 nitrogen and oxygen atoms in total. The van der Waals surface area contributed by atoms with Crippen LogP contribution in [-0.2, 0) is 8.69 Å². The Morgan fingerprint density at radius 3 is 0.610 bits per heavy atom. The van der Waals surface area contributed by atoms with E-state index >= 15 is 0 Å². The summed E-state index contributed by atoms with van der Waals surface area (Å²) in [5.74, 6) is 0. The van der Waals surface area contributed by atoms with E-state index in [1.807, 2.05) is 0 Å². The van der Waals surface area contributed by atoms with E-state index in [2.05, 4.69) is 182 Å². The molecule has 0 N–H and O–H groups in total. The highest BCUT2D eigenvalue weighted by molar-refractivity contribution is 7.11. The molecule has 0 atom stereocenters. The average Bonchev–Trinajstić information content (AvgIpc) is 3.08. The van der Waals surface area contributed by atoms with Crippen molar-refractivity contribution in [2.24, 2.45) is 0 Å². The standard InChI is InChI=1S/C36H30BO2Si2/c1-7-19-31(20-8-1)40(32-21-9-2-10-22-32,33-23-11-3-12-24-33)38-37-39-41(34-25-13-4-14-26-34,35-27-15-5-16-28-35)36-29-17-6-18-30-36/h1-30H. The fourth-order valence-electron chi connectivity index (χ4n) is 5.61. The topological polar surface area (TPSA) is 18.5 Å². The second-order valence-corrected chi connectivity index (χ2v) is 16.6. The molecule has 0 aromatic heterocycles. The van der Waals surface area contributed by atoms with Gasteiger partial charge in [0.2, 0.25) is 0 Å². The molecule has 41 heavy (non-hydrogen) atoms. The maximum atomic E-state index is 7.13. The summed E-state index contributed by atoms with van der Waals surface area (Å²) in [6, 6.07) is 63.5. The summed E-state index contributed by atoms with van der Waals surface area (Å²) in [5, 5.41) is 6.94. The van der Waals surface area contributed by atoms with E-state index in [1.54, 1.807) is 7.69 Å². The van der Waals surface area contributed by atoms with Crippen molar-refractivity contribution in [2.75, 3.05) is 0 Å². The van der Waals surface area contributed by atoms with Crippen molar-refractivity contribution in [3.05, 3.63) is 182 Å². The smallest absolute Gasteiger partial charge is 0.446 e. The Labute approximate surface area is 245 Å². The van der Waals surface area contributed by atoms with Gasteiger partial charge in [0.15, 0.2) is 0 Å². The van der Waals surface area contributed by atoms with E-state index in [-0.39, 0.29) is 0 Å². The lowest BCUT2D eigenvalue weighted by atomic mass is 10.3. The molecule has 0 aliphatic rings. The zero-order valence-electron chi connectivity index (χ0n) is 22.7. The highest BCUT2D eigenvalue weighted by Crippen LogP contribution is 2.13. The molecule has 5 heteroatoms. The molecule has 0 aliphatic heterocycles. The first-order chi connectivity index (χ1) is 20.3. The van der Waals surface area contributed by atoms with Gasteiger partial charge in [0.25, 0.3) is 16.6 Å². The van der Waals surface area contributed by atoms with Crippen molar-refractivity contribution in [2.45, 2.75) is 0 Å². The molecular formula is C36H30BO2Si2. The zero-order chi connectivity index (χ0) is 27.8. The fourth-order valence-corrected chi connectivity index (χ4v) is 12.9. The van der Waals surface area contributed by atoms with Crippen LogP contribution in [0.4, 0.5) is 0 Å². The Balaban J connectivity index is 1.50. The van der Waals surface area contributed by atoms with Crippen molar-refractivity contribution in [1.82, 2.24) is 0 Å². The SMILES string of the molecule is [B](O[Si](c1ccccc1)(c1ccccc1)c1ccccc1)O[Si](c1ccccc1)(c1ccccc1)c1ccccc1. The Kier molecular flexibility index (Phi) is 8.21. The summed E-state index contributed by atoms with van der Waals surface area (Å²) in [6.07, 6.45) is 0. The van der Waals surface area contributed by atoms with Gasteiger partial charge in [-0.05, 0) is 31.1 Å². The number of hydrogen-bond donors (Lipinski definition) is 0. The van der Waals surface area contributed by atoms with Gasteiger partial charge >= 0.3 is 7.69 Å². The first kappa shape index (κ1) is 26.9. The van der Waals surface area contributed by atoms with Gasteiger partial charge in [-0.25, -0.2) is 0 Å². The molecule has 0 aliphatic carbocycles. The largest absolute Gasteiger partial charge is 0.466 e. The second kappa shape index (κ2) is 12.5. The van der Waals surface area contributed by atoms with E-state index in [0.29, 0.717) is 0 Å². The van der Waals surface area contributed by atoms with Gasteiger partial charge in [-0.1, -0.05) is 182 Å². The van der Waals surface area contributed by atoms with Crippen LogP contribution >= 0.6 is 0 Å². The van der Waals surface area contributed by atoms with Crippen LogP contribution in [0.25, 0.3) is 0 Å². The van der Waals surface area contributed by atoms with Crippen LogP contribution in [0.2, 0.25) is 0 Å². The van der Waals surface area contributed by atoms with Gasteiger partial charge < -0.3 is 8.69 Å². The lowest BCUT2D eigenvalue weighted by Crippen LogP contribution is -2.73. The van der Waals surface area contributed by atoms with Crippen LogP contribution in [0, 0.1) is 0 Å². The van der Waals surface area contributed by atoms with Crippen molar-refractivity contribution in [3.8, 4) is 0 Å². The minimum atomic E-state index is -2.98. The maximum Gasteiger partial charge on any atom is 0.466 e. The summed E-state index contributed by atoms with van der Waals surface area (Å²) in [7, 11) is -4.30. The Morgan fingerprint density at radius 1 is 0.268 bits per heavy atom. The molecule has 0 heterocycles. The van der Waals surface area contributed by atoms with Gasteiger partial charge in [-0.2, -0.15) is 0 Å². The molecule has 0 saturated heterocycles. The van der Waals surface area contributed by atoms with Crippen LogP contribution in [0.3, 0.4) is 0 Å². The number of benzene rings is 6. The minimum absolute atomic E-state index is 1.16. The Morgan fingerprint density at radius 2 is 0.439 bits per heavy atom. The molecule has 6 aromatic carbocycles. The van der Waals surface area contributed by atoms with Crippen molar-refractivity contribution >= 4 is 55.4 Å².